The normalized spacial score (nSPS) is 27.1. The highest BCUT2D eigenvalue weighted by Gasteiger charge is 2.42. The first-order valence-corrected chi connectivity index (χ1v) is 7.30. The second-order valence-electron chi connectivity index (χ2n) is 6.50. The van der Waals surface area contributed by atoms with Crippen LogP contribution < -0.4 is 5.32 Å². The summed E-state index contributed by atoms with van der Waals surface area (Å²) in [5, 5.41) is 11.5. The molecule has 4 heteroatoms. The lowest BCUT2D eigenvalue weighted by molar-refractivity contribution is 0.236. The molecule has 2 unspecified atom stereocenters. The summed E-state index contributed by atoms with van der Waals surface area (Å²) in [4.78, 5) is 0. The van der Waals surface area contributed by atoms with Crippen molar-refractivity contribution in [3.8, 4) is 11.5 Å². The lowest BCUT2D eigenvalue weighted by Crippen LogP contribution is -2.52. The van der Waals surface area contributed by atoms with E-state index < -0.39 is 0 Å². The first kappa shape index (κ1) is 12.1. The highest BCUT2D eigenvalue weighted by Crippen LogP contribution is 2.46. The van der Waals surface area contributed by atoms with E-state index in [2.05, 4.69) is 47.6 Å². The third-order valence-corrected chi connectivity index (χ3v) is 5.07. The van der Waals surface area contributed by atoms with Crippen LogP contribution in [0.4, 0.5) is 0 Å². The largest absolute Gasteiger partial charge is 0.423 e. The molecular weight excluding hydrogens is 250 g/mol. The molecule has 2 heterocycles. The van der Waals surface area contributed by atoms with Gasteiger partial charge in [0.25, 0.3) is 0 Å². The first-order chi connectivity index (χ1) is 9.66. The Kier molecular flexibility index (Phi) is 2.51. The van der Waals surface area contributed by atoms with Gasteiger partial charge in [-0.15, -0.1) is 10.2 Å². The standard InChI is InChI=1S/C16H19N3O/c1-16(2)13-4-3-11(15-19-18-9-20-15)7-12(13)10-5-6-17-14(16)8-10/h3-4,7,9-10,14,17H,5-6,8H2,1-2H3. The minimum atomic E-state index is 0.180. The predicted octanol–water partition coefficient (Wildman–Crippen LogP) is 2.86. The maximum Gasteiger partial charge on any atom is 0.247 e. The summed E-state index contributed by atoms with van der Waals surface area (Å²) >= 11 is 0. The van der Waals surface area contributed by atoms with E-state index in [4.69, 9.17) is 4.42 Å². The van der Waals surface area contributed by atoms with E-state index in [1.807, 2.05) is 0 Å². The van der Waals surface area contributed by atoms with Gasteiger partial charge in [-0.1, -0.05) is 19.9 Å². The Bertz CT molecular complexity index is 633. The van der Waals surface area contributed by atoms with Crippen LogP contribution in [0.2, 0.25) is 0 Å². The van der Waals surface area contributed by atoms with Gasteiger partial charge in [0.1, 0.15) is 0 Å². The summed E-state index contributed by atoms with van der Waals surface area (Å²) in [7, 11) is 0. The average Bonchev–Trinajstić information content (AvgIpc) is 3.00. The van der Waals surface area contributed by atoms with Crippen molar-refractivity contribution in [1.82, 2.24) is 15.5 Å². The van der Waals surface area contributed by atoms with Crippen LogP contribution in [0.25, 0.3) is 11.5 Å². The van der Waals surface area contributed by atoms with Gasteiger partial charge in [-0.3, -0.25) is 0 Å². The van der Waals surface area contributed by atoms with Gasteiger partial charge < -0.3 is 9.73 Å². The Labute approximate surface area is 118 Å². The molecule has 0 spiro atoms. The van der Waals surface area contributed by atoms with E-state index in [9.17, 15) is 0 Å². The maximum atomic E-state index is 5.33. The van der Waals surface area contributed by atoms with Gasteiger partial charge >= 0.3 is 0 Å². The molecule has 1 saturated heterocycles. The van der Waals surface area contributed by atoms with Crippen LogP contribution >= 0.6 is 0 Å². The summed E-state index contributed by atoms with van der Waals surface area (Å²) in [6.45, 7) is 5.80. The second kappa shape index (κ2) is 4.16. The highest BCUT2D eigenvalue weighted by molar-refractivity contribution is 5.58. The molecule has 1 aromatic heterocycles. The number of piperidine rings is 1. The number of nitrogens with one attached hydrogen (secondary N) is 1. The van der Waals surface area contributed by atoms with E-state index in [0.717, 1.165) is 12.1 Å². The molecule has 20 heavy (non-hydrogen) atoms. The Hall–Kier alpha value is -1.68. The van der Waals surface area contributed by atoms with Gasteiger partial charge in [-0.25, -0.2) is 0 Å². The third kappa shape index (κ3) is 1.64. The van der Waals surface area contributed by atoms with Gasteiger partial charge in [0.2, 0.25) is 12.3 Å². The van der Waals surface area contributed by atoms with E-state index in [-0.39, 0.29) is 5.41 Å². The van der Waals surface area contributed by atoms with Crippen molar-refractivity contribution in [2.75, 3.05) is 6.54 Å². The number of benzene rings is 1. The molecule has 1 N–H and O–H groups in total. The van der Waals surface area contributed by atoms with Crippen LogP contribution in [-0.4, -0.2) is 22.8 Å². The number of hydrogen-bond donors (Lipinski definition) is 1. The summed E-state index contributed by atoms with van der Waals surface area (Å²) in [5.74, 6) is 1.27. The maximum absolute atomic E-state index is 5.33. The van der Waals surface area contributed by atoms with Crippen LogP contribution in [-0.2, 0) is 5.41 Å². The number of nitrogens with zero attached hydrogens (tertiary/aromatic N) is 2. The van der Waals surface area contributed by atoms with Gasteiger partial charge in [0.15, 0.2) is 0 Å². The minimum absolute atomic E-state index is 0.180. The summed E-state index contributed by atoms with van der Waals surface area (Å²) in [5.41, 5.74) is 4.16. The van der Waals surface area contributed by atoms with E-state index in [1.54, 1.807) is 0 Å². The number of aromatic nitrogens is 2. The number of fused-ring (bicyclic) bond motifs is 4. The number of hydrogen-bond acceptors (Lipinski definition) is 4. The zero-order chi connectivity index (χ0) is 13.7. The summed E-state index contributed by atoms with van der Waals surface area (Å²) < 4.78 is 5.33. The van der Waals surface area contributed by atoms with Gasteiger partial charge in [0, 0.05) is 17.0 Å². The monoisotopic (exact) mass is 269 g/mol. The van der Waals surface area contributed by atoms with Crippen LogP contribution in [0.15, 0.2) is 29.0 Å². The lowest BCUT2D eigenvalue weighted by atomic mass is 9.63. The molecule has 0 saturated carbocycles. The molecule has 0 amide bonds. The topological polar surface area (TPSA) is 51.0 Å². The molecule has 0 radical (unpaired) electrons. The smallest absolute Gasteiger partial charge is 0.247 e. The van der Waals surface area contributed by atoms with Crippen LogP contribution in [0.1, 0.15) is 43.7 Å². The zero-order valence-electron chi connectivity index (χ0n) is 11.9. The molecular formula is C16H19N3O. The SMILES string of the molecule is CC1(C)c2ccc(-c3nnco3)cc2C2CCNC1C2. The van der Waals surface area contributed by atoms with Crippen molar-refractivity contribution in [3.05, 3.63) is 35.7 Å². The molecule has 4 rings (SSSR count). The molecule has 4 nitrogen and oxygen atoms in total. The molecule has 2 aromatic rings. The Balaban J connectivity index is 1.86. The van der Waals surface area contributed by atoms with Gasteiger partial charge in [0.05, 0.1) is 0 Å². The number of rotatable bonds is 1. The zero-order valence-corrected chi connectivity index (χ0v) is 11.9. The Morgan fingerprint density at radius 1 is 1.35 bits per heavy atom. The first-order valence-electron chi connectivity index (χ1n) is 7.30. The Morgan fingerprint density at radius 3 is 3.05 bits per heavy atom. The molecule has 1 aromatic carbocycles. The summed E-state index contributed by atoms with van der Waals surface area (Å²) in [6.07, 6.45) is 3.83. The molecule has 2 bridgehead atoms. The predicted molar refractivity (Wildman–Crippen MR) is 76.5 cm³/mol. The second-order valence-corrected chi connectivity index (χ2v) is 6.50. The van der Waals surface area contributed by atoms with Crippen molar-refractivity contribution in [2.24, 2.45) is 0 Å². The molecule has 2 atom stereocenters. The van der Waals surface area contributed by atoms with Crippen LogP contribution in [0, 0.1) is 0 Å². The molecule has 2 aliphatic rings. The van der Waals surface area contributed by atoms with E-state index in [0.29, 0.717) is 17.9 Å². The van der Waals surface area contributed by atoms with Crippen molar-refractivity contribution in [3.63, 3.8) is 0 Å². The van der Waals surface area contributed by atoms with Gasteiger partial charge in [-0.2, -0.15) is 0 Å². The van der Waals surface area contributed by atoms with Gasteiger partial charge in [-0.05, 0) is 48.6 Å². The quantitative estimate of drug-likeness (QED) is 0.865. The third-order valence-electron chi connectivity index (χ3n) is 5.07. The molecule has 1 fully saturated rings. The van der Waals surface area contributed by atoms with E-state index >= 15 is 0 Å². The lowest BCUT2D eigenvalue weighted by Gasteiger charge is -2.47. The average molecular weight is 269 g/mol. The fraction of sp³-hybridized carbons (Fsp3) is 0.500. The van der Waals surface area contributed by atoms with Crippen molar-refractivity contribution < 1.29 is 4.42 Å². The highest BCUT2D eigenvalue weighted by atomic mass is 16.4. The fourth-order valence-electron chi connectivity index (χ4n) is 3.86. The van der Waals surface area contributed by atoms with Crippen molar-refractivity contribution >= 4 is 0 Å². The molecule has 1 aliphatic heterocycles. The minimum Gasteiger partial charge on any atom is -0.423 e. The molecule has 1 aliphatic carbocycles. The van der Waals surface area contributed by atoms with Crippen molar-refractivity contribution in [1.29, 1.82) is 0 Å². The fourth-order valence-corrected chi connectivity index (χ4v) is 3.86. The van der Waals surface area contributed by atoms with E-state index in [1.165, 1.54) is 30.4 Å². The van der Waals surface area contributed by atoms with Crippen molar-refractivity contribution in [2.45, 2.75) is 44.1 Å². The van der Waals surface area contributed by atoms with Crippen LogP contribution in [0.3, 0.4) is 0 Å². The molecule has 104 valence electrons. The summed E-state index contributed by atoms with van der Waals surface area (Å²) in [6, 6.07) is 7.20. The van der Waals surface area contributed by atoms with Crippen LogP contribution in [0.5, 0.6) is 0 Å². The Morgan fingerprint density at radius 2 is 2.25 bits per heavy atom.